The number of rotatable bonds is 3. The monoisotopic (exact) mass is 235 g/mol. The summed E-state index contributed by atoms with van der Waals surface area (Å²) in [6.45, 7) is 2.71. The first kappa shape index (κ1) is 11.9. The van der Waals surface area contributed by atoms with Gasteiger partial charge in [0.05, 0.1) is 12.7 Å². The van der Waals surface area contributed by atoms with Gasteiger partial charge >= 0.3 is 0 Å². The summed E-state index contributed by atoms with van der Waals surface area (Å²) >= 11 is 0. The quantitative estimate of drug-likeness (QED) is 0.854. The van der Waals surface area contributed by atoms with Crippen molar-refractivity contribution in [3.05, 3.63) is 29.8 Å². The molecule has 17 heavy (non-hydrogen) atoms. The van der Waals surface area contributed by atoms with Crippen LogP contribution in [0.5, 0.6) is 5.75 Å². The lowest BCUT2D eigenvalue weighted by atomic mass is 9.95. The van der Waals surface area contributed by atoms with E-state index >= 15 is 0 Å². The molecule has 1 aromatic rings. The molecule has 0 radical (unpaired) electrons. The van der Waals surface area contributed by atoms with Crippen molar-refractivity contribution in [2.75, 3.05) is 20.3 Å². The molecule has 1 aliphatic heterocycles. The van der Waals surface area contributed by atoms with Gasteiger partial charge in [-0.3, -0.25) is 4.79 Å². The third-order valence-electron chi connectivity index (χ3n) is 2.95. The number of methoxy groups -OCH3 is 1. The molecule has 1 aromatic carbocycles. The molecule has 1 saturated heterocycles. The van der Waals surface area contributed by atoms with Crippen LogP contribution in [-0.2, 0) is 16.0 Å². The SMILES string of the molecule is COc1ccc(CC2(C)CNC(=O)CO2)cc1. The second kappa shape index (κ2) is 4.75. The standard InChI is InChI=1S/C13H17NO3/c1-13(9-14-12(15)8-17-13)7-10-3-5-11(16-2)6-4-10/h3-6H,7-9H2,1-2H3,(H,14,15). The molecule has 0 aliphatic carbocycles. The molecule has 1 atom stereocenters. The Hall–Kier alpha value is -1.55. The highest BCUT2D eigenvalue weighted by Gasteiger charge is 2.30. The van der Waals surface area contributed by atoms with Gasteiger partial charge in [0.15, 0.2) is 0 Å². The summed E-state index contributed by atoms with van der Waals surface area (Å²) in [5.74, 6) is 0.800. The van der Waals surface area contributed by atoms with Crippen LogP contribution in [0.25, 0.3) is 0 Å². The predicted octanol–water partition coefficient (Wildman–Crippen LogP) is 1.14. The molecule has 92 valence electrons. The third-order valence-corrected chi connectivity index (χ3v) is 2.95. The largest absolute Gasteiger partial charge is 0.497 e. The van der Waals surface area contributed by atoms with E-state index in [1.165, 1.54) is 5.56 Å². The molecule has 0 saturated carbocycles. The van der Waals surface area contributed by atoms with Crippen LogP contribution >= 0.6 is 0 Å². The van der Waals surface area contributed by atoms with Gasteiger partial charge in [-0.15, -0.1) is 0 Å². The minimum atomic E-state index is -0.317. The van der Waals surface area contributed by atoms with Crippen LogP contribution < -0.4 is 10.1 Å². The van der Waals surface area contributed by atoms with Crippen molar-refractivity contribution < 1.29 is 14.3 Å². The van der Waals surface area contributed by atoms with Crippen LogP contribution in [0.2, 0.25) is 0 Å². The van der Waals surface area contributed by atoms with Crippen molar-refractivity contribution in [3.63, 3.8) is 0 Å². The fourth-order valence-corrected chi connectivity index (χ4v) is 1.92. The Balaban J connectivity index is 2.01. The van der Waals surface area contributed by atoms with Crippen LogP contribution in [0, 0.1) is 0 Å². The van der Waals surface area contributed by atoms with E-state index in [0.717, 1.165) is 12.2 Å². The van der Waals surface area contributed by atoms with Crippen molar-refractivity contribution in [1.29, 1.82) is 0 Å². The zero-order chi connectivity index (χ0) is 12.3. The van der Waals surface area contributed by atoms with Crippen molar-refractivity contribution in [1.82, 2.24) is 5.32 Å². The van der Waals surface area contributed by atoms with E-state index in [9.17, 15) is 4.79 Å². The number of hydrogen-bond acceptors (Lipinski definition) is 3. The number of nitrogens with one attached hydrogen (secondary N) is 1. The van der Waals surface area contributed by atoms with Crippen LogP contribution in [0.4, 0.5) is 0 Å². The highest BCUT2D eigenvalue weighted by Crippen LogP contribution is 2.21. The molecular weight excluding hydrogens is 218 g/mol. The fourth-order valence-electron chi connectivity index (χ4n) is 1.92. The first-order valence-electron chi connectivity index (χ1n) is 5.65. The maximum Gasteiger partial charge on any atom is 0.246 e. The smallest absolute Gasteiger partial charge is 0.246 e. The second-order valence-corrected chi connectivity index (χ2v) is 4.54. The molecule has 0 spiro atoms. The summed E-state index contributed by atoms with van der Waals surface area (Å²) in [6, 6.07) is 7.90. The Morgan fingerprint density at radius 3 is 2.65 bits per heavy atom. The average molecular weight is 235 g/mol. The molecule has 1 fully saturated rings. The zero-order valence-corrected chi connectivity index (χ0v) is 10.2. The molecule has 4 nitrogen and oxygen atoms in total. The highest BCUT2D eigenvalue weighted by atomic mass is 16.5. The number of carbonyl (C=O) groups is 1. The van der Waals surface area contributed by atoms with Crippen LogP contribution in [-0.4, -0.2) is 31.8 Å². The van der Waals surface area contributed by atoms with E-state index < -0.39 is 0 Å². The van der Waals surface area contributed by atoms with Gasteiger partial charge in [0.2, 0.25) is 5.91 Å². The molecular formula is C13H17NO3. The van der Waals surface area contributed by atoms with Crippen LogP contribution in [0.15, 0.2) is 24.3 Å². The van der Waals surface area contributed by atoms with Gasteiger partial charge in [-0.25, -0.2) is 0 Å². The van der Waals surface area contributed by atoms with Gasteiger partial charge in [-0.05, 0) is 24.6 Å². The summed E-state index contributed by atoms with van der Waals surface area (Å²) < 4.78 is 10.7. The maximum absolute atomic E-state index is 11.0. The van der Waals surface area contributed by atoms with Crippen LogP contribution in [0.3, 0.4) is 0 Å². The Morgan fingerprint density at radius 2 is 2.12 bits per heavy atom. The minimum Gasteiger partial charge on any atom is -0.497 e. The van der Waals surface area contributed by atoms with Gasteiger partial charge in [0.25, 0.3) is 0 Å². The average Bonchev–Trinajstić information content (AvgIpc) is 2.34. The summed E-state index contributed by atoms with van der Waals surface area (Å²) in [7, 11) is 1.65. The Kier molecular flexibility index (Phi) is 3.33. The third kappa shape index (κ3) is 2.97. The number of carbonyl (C=O) groups excluding carboxylic acids is 1. The Bertz CT molecular complexity index is 390. The van der Waals surface area contributed by atoms with Crippen molar-refractivity contribution in [2.45, 2.75) is 18.9 Å². The van der Waals surface area contributed by atoms with Gasteiger partial charge in [-0.2, -0.15) is 0 Å². The molecule has 1 heterocycles. The van der Waals surface area contributed by atoms with Crippen molar-refractivity contribution in [3.8, 4) is 5.75 Å². The number of benzene rings is 1. The van der Waals surface area contributed by atoms with Crippen molar-refractivity contribution >= 4 is 5.91 Å². The first-order chi connectivity index (χ1) is 8.11. The fraction of sp³-hybridized carbons (Fsp3) is 0.462. The van der Waals surface area contributed by atoms with E-state index in [1.54, 1.807) is 7.11 Å². The van der Waals surface area contributed by atoms with E-state index in [4.69, 9.17) is 9.47 Å². The predicted molar refractivity (Wildman–Crippen MR) is 64.1 cm³/mol. The van der Waals surface area contributed by atoms with E-state index in [-0.39, 0.29) is 18.1 Å². The second-order valence-electron chi connectivity index (χ2n) is 4.54. The summed E-state index contributed by atoms with van der Waals surface area (Å²) in [5, 5.41) is 2.83. The molecule has 0 aromatic heterocycles. The molecule has 1 unspecified atom stereocenters. The minimum absolute atomic E-state index is 0.0443. The molecule has 1 aliphatic rings. The van der Waals surface area contributed by atoms with Crippen molar-refractivity contribution in [2.24, 2.45) is 0 Å². The first-order valence-corrected chi connectivity index (χ1v) is 5.65. The van der Waals surface area contributed by atoms with E-state index in [0.29, 0.717) is 6.54 Å². The number of hydrogen-bond donors (Lipinski definition) is 1. The van der Waals surface area contributed by atoms with Gasteiger partial charge in [-0.1, -0.05) is 12.1 Å². The Morgan fingerprint density at radius 1 is 1.41 bits per heavy atom. The van der Waals surface area contributed by atoms with Gasteiger partial charge in [0.1, 0.15) is 12.4 Å². The lowest BCUT2D eigenvalue weighted by molar-refractivity contribution is -0.141. The van der Waals surface area contributed by atoms with E-state index in [2.05, 4.69) is 5.32 Å². The maximum atomic E-state index is 11.0. The molecule has 2 rings (SSSR count). The molecule has 1 N–H and O–H groups in total. The summed E-state index contributed by atoms with van der Waals surface area (Å²) in [4.78, 5) is 11.0. The number of amides is 1. The highest BCUT2D eigenvalue weighted by molar-refractivity contribution is 5.78. The van der Waals surface area contributed by atoms with Gasteiger partial charge in [0, 0.05) is 13.0 Å². The summed E-state index contributed by atoms with van der Waals surface area (Å²) in [5.41, 5.74) is 0.854. The molecule has 1 amide bonds. The lowest BCUT2D eigenvalue weighted by Gasteiger charge is -2.34. The summed E-state index contributed by atoms with van der Waals surface area (Å²) in [6.07, 6.45) is 0.775. The van der Waals surface area contributed by atoms with Gasteiger partial charge < -0.3 is 14.8 Å². The lowest BCUT2D eigenvalue weighted by Crippen LogP contribution is -2.51. The molecule has 4 heteroatoms. The van der Waals surface area contributed by atoms with E-state index in [1.807, 2.05) is 31.2 Å². The topological polar surface area (TPSA) is 47.6 Å². The number of morpholine rings is 1. The molecule has 0 bridgehead atoms. The van der Waals surface area contributed by atoms with Crippen LogP contribution in [0.1, 0.15) is 12.5 Å². The Labute approximate surface area is 101 Å². The zero-order valence-electron chi connectivity index (χ0n) is 10.2. The normalized spacial score (nSPS) is 24.2. The number of ether oxygens (including phenoxy) is 2.